The molecule has 0 radical (unpaired) electrons. The first-order valence-electron chi connectivity index (χ1n) is 10.1. The lowest BCUT2D eigenvalue weighted by atomic mass is 9.95. The van der Waals surface area contributed by atoms with Crippen molar-refractivity contribution in [3.05, 3.63) is 30.3 Å². The summed E-state index contributed by atoms with van der Waals surface area (Å²) in [5.74, 6) is 0.817. The average Bonchev–Trinajstić information content (AvgIpc) is 3.53. The first-order valence-corrected chi connectivity index (χ1v) is 10.1. The molecule has 5 nitrogen and oxygen atoms in total. The monoisotopic (exact) mass is 357 g/mol. The zero-order valence-electron chi connectivity index (χ0n) is 15.8. The van der Waals surface area contributed by atoms with E-state index >= 15 is 0 Å². The smallest absolute Gasteiger partial charge is 0.225 e. The molecular formula is C21H31N3O2. The summed E-state index contributed by atoms with van der Waals surface area (Å²) in [5.41, 5.74) is 1.23. The lowest BCUT2D eigenvalue weighted by Crippen LogP contribution is -2.43. The quantitative estimate of drug-likeness (QED) is 0.728. The Morgan fingerprint density at radius 3 is 2.38 bits per heavy atom. The Morgan fingerprint density at radius 1 is 1.08 bits per heavy atom. The number of anilines is 1. The van der Waals surface area contributed by atoms with E-state index in [-0.39, 0.29) is 17.7 Å². The van der Waals surface area contributed by atoms with Crippen molar-refractivity contribution >= 4 is 17.5 Å². The van der Waals surface area contributed by atoms with Crippen LogP contribution in [0.15, 0.2) is 30.3 Å². The highest BCUT2D eigenvalue weighted by atomic mass is 16.2. The van der Waals surface area contributed by atoms with E-state index in [9.17, 15) is 9.59 Å². The van der Waals surface area contributed by atoms with Gasteiger partial charge >= 0.3 is 0 Å². The minimum atomic E-state index is 0.0645. The molecule has 3 rings (SSSR count). The number of carbonyl (C=O) groups is 2. The van der Waals surface area contributed by atoms with E-state index < -0.39 is 0 Å². The van der Waals surface area contributed by atoms with Gasteiger partial charge in [0.15, 0.2) is 0 Å². The highest BCUT2D eigenvalue weighted by molar-refractivity contribution is 5.82. The van der Waals surface area contributed by atoms with Crippen LogP contribution in [0, 0.1) is 11.8 Å². The number of hydrogen-bond donors (Lipinski definition) is 1. The number of hydrogen-bond acceptors (Lipinski definition) is 3. The van der Waals surface area contributed by atoms with Gasteiger partial charge < -0.3 is 15.1 Å². The second-order valence-electron chi connectivity index (χ2n) is 7.43. The van der Waals surface area contributed by atoms with Crippen LogP contribution in [0.5, 0.6) is 0 Å². The second-order valence-corrected chi connectivity index (χ2v) is 7.43. The summed E-state index contributed by atoms with van der Waals surface area (Å²) < 4.78 is 0. The first-order chi connectivity index (χ1) is 12.7. The molecule has 2 fully saturated rings. The molecule has 1 saturated carbocycles. The van der Waals surface area contributed by atoms with Crippen molar-refractivity contribution in [1.82, 2.24) is 10.2 Å². The Morgan fingerprint density at radius 2 is 1.77 bits per heavy atom. The molecule has 5 heteroatoms. The van der Waals surface area contributed by atoms with Gasteiger partial charge in [-0.25, -0.2) is 0 Å². The Bertz CT molecular complexity index is 593. The van der Waals surface area contributed by atoms with E-state index in [0.717, 1.165) is 58.3 Å². The molecule has 26 heavy (non-hydrogen) atoms. The summed E-state index contributed by atoms with van der Waals surface area (Å²) in [6.45, 7) is 6.25. The van der Waals surface area contributed by atoms with Gasteiger partial charge in [-0.3, -0.25) is 9.59 Å². The molecule has 1 aromatic carbocycles. The van der Waals surface area contributed by atoms with Crippen LogP contribution in [-0.4, -0.2) is 49.4 Å². The van der Waals surface area contributed by atoms with E-state index in [1.807, 2.05) is 11.0 Å². The molecular weight excluding hydrogens is 326 g/mol. The third-order valence-corrected chi connectivity index (χ3v) is 5.51. The molecule has 0 bridgehead atoms. The Hall–Kier alpha value is -2.04. The fourth-order valence-corrected chi connectivity index (χ4v) is 3.68. The zero-order valence-corrected chi connectivity index (χ0v) is 15.8. The normalized spacial score (nSPS) is 17.8. The van der Waals surface area contributed by atoms with Crippen LogP contribution in [0.4, 0.5) is 5.69 Å². The third kappa shape index (κ3) is 4.99. The van der Waals surface area contributed by atoms with Crippen molar-refractivity contribution in [3.8, 4) is 0 Å². The summed E-state index contributed by atoms with van der Waals surface area (Å²) in [6, 6.07) is 10.4. The van der Waals surface area contributed by atoms with Gasteiger partial charge in [0.2, 0.25) is 11.8 Å². The summed E-state index contributed by atoms with van der Waals surface area (Å²) in [5, 5.41) is 3.09. The van der Waals surface area contributed by atoms with Gasteiger partial charge in [-0.1, -0.05) is 18.2 Å². The van der Waals surface area contributed by atoms with E-state index in [2.05, 4.69) is 41.4 Å². The van der Waals surface area contributed by atoms with Gasteiger partial charge in [0.05, 0.1) is 0 Å². The molecule has 142 valence electrons. The van der Waals surface area contributed by atoms with Gasteiger partial charge in [0.1, 0.15) is 0 Å². The lowest BCUT2D eigenvalue weighted by Gasteiger charge is -2.31. The summed E-state index contributed by atoms with van der Waals surface area (Å²) >= 11 is 0. The number of rotatable bonds is 8. The van der Waals surface area contributed by atoms with E-state index in [1.54, 1.807) is 0 Å². The van der Waals surface area contributed by atoms with E-state index in [1.165, 1.54) is 5.69 Å². The third-order valence-electron chi connectivity index (χ3n) is 5.51. The van der Waals surface area contributed by atoms with Crippen LogP contribution >= 0.6 is 0 Å². The largest absolute Gasteiger partial charge is 0.372 e. The summed E-state index contributed by atoms with van der Waals surface area (Å²) in [4.78, 5) is 28.7. The number of likely N-dealkylation sites (tertiary alicyclic amines) is 1. The van der Waals surface area contributed by atoms with Gasteiger partial charge in [-0.15, -0.1) is 0 Å². The minimum absolute atomic E-state index is 0.0645. The summed E-state index contributed by atoms with van der Waals surface area (Å²) in [6.07, 6.45) is 4.65. The van der Waals surface area contributed by atoms with Crippen molar-refractivity contribution in [3.63, 3.8) is 0 Å². The number of nitrogens with zero attached hydrogens (tertiary/aromatic N) is 2. The molecule has 0 unspecified atom stereocenters. The maximum atomic E-state index is 12.4. The van der Waals surface area contributed by atoms with Gasteiger partial charge in [-0.2, -0.15) is 0 Å². The maximum Gasteiger partial charge on any atom is 0.225 e. The van der Waals surface area contributed by atoms with Crippen molar-refractivity contribution < 1.29 is 9.59 Å². The van der Waals surface area contributed by atoms with Gasteiger partial charge in [-0.05, 0) is 51.2 Å². The number of benzene rings is 1. The molecule has 1 aliphatic heterocycles. The molecule has 0 aromatic heterocycles. The number of amides is 2. The topological polar surface area (TPSA) is 52.7 Å². The standard InChI is InChI=1S/C21H31N3O2/c1-2-23(19-7-4-3-5-8-19)14-6-13-22-20(25)17-11-15-24(16-12-17)21(26)18-9-10-18/h3-5,7-8,17-18H,2,6,9-16H2,1H3,(H,22,25). The number of para-hydroxylation sites is 1. The lowest BCUT2D eigenvalue weighted by molar-refractivity contribution is -0.136. The van der Waals surface area contributed by atoms with Crippen molar-refractivity contribution in [1.29, 1.82) is 0 Å². The maximum absolute atomic E-state index is 12.4. The average molecular weight is 357 g/mol. The van der Waals surface area contributed by atoms with Crippen LogP contribution in [0.2, 0.25) is 0 Å². The fraction of sp³-hybridized carbons (Fsp3) is 0.619. The van der Waals surface area contributed by atoms with Gasteiger partial charge in [0, 0.05) is 50.2 Å². The van der Waals surface area contributed by atoms with E-state index in [4.69, 9.17) is 0 Å². The zero-order chi connectivity index (χ0) is 18.4. The van der Waals surface area contributed by atoms with Crippen LogP contribution in [0.3, 0.4) is 0 Å². The van der Waals surface area contributed by atoms with Crippen molar-refractivity contribution in [2.24, 2.45) is 11.8 Å². The SMILES string of the molecule is CCN(CCCNC(=O)C1CCN(C(=O)C2CC2)CC1)c1ccccc1. The molecule has 2 aliphatic rings. The molecule has 0 spiro atoms. The van der Waals surface area contributed by atoms with Crippen LogP contribution in [-0.2, 0) is 9.59 Å². The molecule has 1 aliphatic carbocycles. The number of piperidine rings is 1. The molecule has 2 amide bonds. The summed E-state index contributed by atoms with van der Waals surface area (Å²) in [7, 11) is 0. The minimum Gasteiger partial charge on any atom is -0.372 e. The van der Waals surface area contributed by atoms with Crippen molar-refractivity contribution in [2.75, 3.05) is 37.6 Å². The number of nitrogens with one attached hydrogen (secondary N) is 1. The van der Waals surface area contributed by atoms with Gasteiger partial charge in [0.25, 0.3) is 0 Å². The Balaban J connectivity index is 1.33. The molecule has 0 atom stereocenters. The Kier molecular flexibility index (Phi) is 6.53. The van der Waals surface area contributed by atoms with Crippen molar-refractivity contribution in [2.45, 2.75) is 39.0 Å². The molecule has 1 saturated heterocycles. The fourth-order valence-electron chi connectivity index (χ4n) is 3.68. The van der Waals surface area contributed by atoms with E-state index in [0.29, 0.717) is 12.5 Å². The predicted molar refractivity (Wildman–Crippen MR) is 104 cm³/mol. The highest BCUT2D eigenvalue weighted by Gasteiger charge is 2.35. The number of carbonyl (C=O) groups excluding carboxylic acids is 2. The first kappa shape index (κ1) is 18.7. The second kappa shape index (κ2) is 9.06. The van der Waals surface area contributed by atoms with Crippen LogP contribution < -0.4 is 10.2 Å². The molecule has 1 aromatic rings. The predicted octanol–water partition coefficient (Wildman–Crippen LogP) is 2.67. The van der Waals surface area contributed by atoms with Crippen LogP contribution in [0.1, 0.15) is 39.0 Å². The molecule has 1 heterocycles. The Labute approximate surface area is 156 Å². The van der Waals surface area contributed by atoms with Crippen LogP contribution in [0.25, 0.3) is 0 Å². The molecule has 1 N–H and O–H groups in total. The highest BCUT2D eigenvalue weighted by Crippen LogP contribution is 2.32.